The number of amides is 1. The molecule has 3 heteroatoms. The van der Waals surface area contributed by atoms with Crippen molar-refractivity contribution in [2.24, 2.45) is 0 Å². The van der Waals surface area contributed by atoms with Gasteiger partial charge in [0.1, 0.15) is 0 Å². The van der Waals surface area contributed by atoms with E-state index in [4.69, 9.17) is 0 Å². The summed E-state index contributed by atoms with van der Waals surface area (Å²) in [6.45, 7) is 2.03. The van der Waals surface area contributed by atoms with E-state index in [0.717, 1.165) is 25.9 Å². The van der Waals surface area contributed by atoms with Gasteiger partial charge in [0.25, 0.3) is 0 Å². The number of carbonyl (C=O) groups excluding carboxylic acids is 1. The Hall–Kier alpha value is -1.35. The third-order valence-electron chi connectivity index (χ3n) is 4.74. The van der Waals surface area contributed by atoms with E-state index in [1.807, 2.05) is 18.0 Å². The van der Waals surface area contributed by atoms with E-state index in [0.29, 0.717) is 18.2 Å². The maximum atomic E-state index is 12.1. The molecule has 18 heavy (non-hydrogen) atoms. The number of nitrogens with one attached hydrogen (secondary N) is 1. The Balaban J connectivity index is 1.99. The number of likely N-dealkylation sites (tertiary alicyclic amines) is 1. The molecule has 2 saturated heterocycles. The highest BCUT2D eigenvalue weighted by Gasteiger charge is 2.51. The van der Waals surface area contributed by atoms with Crippen LogP contribution < -0.4 is 5.32 Å². The van der Waals surface area contributed by atoms with Crippen molar-refractivity contribution in [2.45, 2.75) is 30.7 Å². The minimum absolute atomic E-state index is 0.0453. The molecular weight excluding hydrogens is 224 g/mol. The highest BCUT2D eigenvalue weighted by Crippen LogP contribution is 2.46. The fourth-order valence-corrected chi connectivity index (χ4v) is 3.64. The summed E-state index contributed by atoms with van der Waals surface area (Å²) in [5, 5.41) is 3.41. The molecule has 0 radical (unpaired) electrons. The van der Waals surface area contributed by atoms with Gasteiger partial charge in [-0.25, -0.2) is 0 Å². The summed E-state index contributed by atoms with van der Waals surface area (Å²) in [7, 11) is 1.98. The molecule has 1 aromatic carbocycles. The Morgan fingerprint density at radius 1 is 1.22 bits per heavy atom. The molecule has 0 aromatic heterocycles. The zero-order valence-electron chi connectivity index (χ0n) is 10.9. The summed E-state index contributed by atoms with van der Waals surface area (Å²) in [5.74, 6) is 0.657. The summed E-state index contributed by atoms with van der Waals surface area (Å²) >= 11 is 0. The van der Waals surface area contributed by atoms with E-state index in [9.17, 15) is 4.79 Å². The highest BCUT2D eigenvalue weighted by atomic mass is 16.2. The maximum absolute atomic E-state index is 12.1. The summed E-state index contributed by atoms with van der Waals surface area (Å²) in [6.07, 6.45) is 2.80. The molecule has 2 aliphatic rings. The van der Waals surface area contributed by atoms with Crippen molar-refractivity contribution in [3.8, 4) is 0 Å². The van der Waals surface area contributed by atoms with Crippen molar-refractivity contribution in [1.29, 1.82) is 0 Å². The Morgan fingerprint density at radius 2 is 1.89 bits per heavy atom. The van der Waals surface area contributed by atoms with Crippen molar-refractivity contribution in [2.75, 3.05) is 20.1 Å². The lowest BCUT2D eigenvalue weighted by molar-refractivity contribution is -0.130. The second kappa shape index (κ2) is 4.39. The molecule has 1 amide bonds. The molecule has 1 atom stereocenters. The molecule has 0 saturated carbocycles. The summed E-state index contributed by atoms with van der Waals surface area (Å²) in [4.78, 5) is 14.2. The van der Waals surface area contributed by atoms with Gasteiger partial charge in [-0.15, -0.1) is 0 Å². The SMILES string of the molecule is CN1C(=O)C[C@@H](c2ccccc2)C12CCNCC2. The van der Waals surface area contributed by atoms with Gasteiger partial charge in [-0.1, -0.05) is 30.3 Å². The van der Waals surface area contributed by atoms with Crippen molar-refractivity contribution in [3.05, 3.63) is 35.9 Å². The molecular formula is C15H20N2O. The molecule has 3 nitrogen and oxygen atoms in total. The molecule has 2 fully saturated rings. The average Bonchev–Trinajstić information content (AvgIpc) is 2.66. The van der Waals surface area contributed by atoms with E-state index in [-0.39, 0.29) is 5.54 Å². The number of likely N-dealkylation sites (N-methyl/N-ethyl adjacent to an activating group) is 1. The van der Waals surface area contributed by atoms with Gasteiger partial charge in [0.2, 0.25) is 5.91 Å². The molecule has 1 aromatic rings. The minimum atomic E-state index is 0.0453. The van der Waals surface area contributed by atoms with Gasteiger partial charge >= 0.3 is 0 Å². The van der Waals surface area contributed by atoms with Gasteiger partial charge in [0.15, 0.2) is 0 Å². The lowest BCUT2D eigenvalue weighted by atomic mass is 9.74. The molecule has 96 valence electrons. The number of nitrogens with zero attached hydrogens (tertiary/aromatic N) is 1. The molecule has 0 bridgehead atoms. The molecule has 2 aliphatic heterocycles. The fraction of sp³-hybridized carbons (Fsp3) is 0.533. The van der Waals surface area contributed by atoms with Crippen LogP contribution in [0.2, 0.25) is 0 Å². The van der Waals surface area contributed by atoms with E-state index >= 15 is 0 Å². The first-order valence-electron chi connectivity index (χ1n) is 6.76. The van der Waals surface area contributed by atoms with Gasteiger partial charge in [0.05, 0.1) is 5.54 Å². The van der Waals surface area contributed by atoms with Crippen LogP contribution in [-0.4, -0.2) is 36.5 Å². The zero-order valence-corrected chi connectivity index (χ0v) is 10.9. The Morgan fingerprint density at radius 3 is 2.56 bits per heavy atom. The fourth-order valence-electron chi connectivity index (χ4n) is 3.64. The number of hydrogen-bond acceptors (Lipinski definition) is 2. The molecule has 1 N–H and O–H groups in total. The first kappa shape index (κ1) is 11.7. The number of carbonyl (C=O) groups is 1. The quantitative estimate of drug-likeness (QED) is 0.816. The van der Waals surface area contributed by atoms with E-state index < -0.39 is 0 Å². The smallest absolute Gasteiger partial charge is 0.223 e. The highest BCUT2D eigenvalue weighted by molar-refractivity contribution is 5.81. The summed E-state index contributed by atoms with van der Waals surface area (Å²) < 4.78 is 0. The topological polar surface area (TPSA) is 32.3 Å². The Kier molecular flexibility index (Phi) is 2.86. The average molecular weight is 244 g/mol. The molecule has 0 aliphatic carbocycles. The van der Waals surface area contributed by atoms with Crippen molar-refractivity contribution >= 4 is 5.91 Å². The zero-order chi connectivity index (χ0) is 12.6. The van der Waals surface area contributed by atoms with Crippen molar-refractivity contribution in [3.63, 3.8) is 0 Å². The third-order valence-corrected chi connectivity index (χ3v) is 4.74. The number of benzene rings is 1. The van der Waals surface area contributed by atoms with Crippen molar-refractivity contribution < 1.29 is 4.79 Å². The summed E-state index contributed by atoms with van der Waals surface area (Å²) in [5.41, 5.74) is 1.36. The van der Waals surface area contributed by atoms with Gasteiger partial charge in [-0.05, 0) is 31.5 Å². The van der Waals surface area contributed by atoms with Crippen molar-refractivity contribution in [1.82, 2.24) is 10.2 Å². The predicted molar refractivity (Wildman–Crippen MR) is 71.4 cm³/mol. The maximum Gasteiger partial charge on any atom is 0.223 e. The van der Waals surface area contributed by atoms with Crippen LogP contribution in [0.1, 0.15) is 30.7 Å². The van der Waals surface area contributed by atoms with E-state index in [1.165, 1.54) is 5.56 Å². The first-order valence-corrected chi connectivity index (χ1v) is 6.76. The predicted octanol–water partition coefficient (Wildman–Crippen LogP) is 1.75. The van der Waals surface area contributed by atoms with E-state index in [2.05, 4.69) is 29.6 Å². The largest absolute Gasteiger partial charge is 0.339 e. The Labute approximate surface area is 108 Å². The van der Waals surface area contributed by atoms with Crippen LogP contribution in [0.3, 0.4) is 0 Å². The van der Waals surface area contributed by atoms with Crippen LogP contribution in [0.5, 0.6) is 0 Å². The number of hydrogen-bond donors (Lipinski definition) is 1. The number of piperidine rings is 1. The van der Waals surface area contributed by atoms with Gasteiger partial charge in [-0.3, -0.25) is 4.79 Å². The molecule has 0 unspecified atom stereocenters. The van der Waals surface area contributed by atoms with Gasteiger partial charge in [0, 0.05) is 19.4 Å². The normalized spacial score (nSPS) is 26.8. The van der Waals surface area contributed by atoms with Crippen LogP contribution in [0.25, 0.3) is 0 Å². The first-order chi connectivity index (χ1) is 8.74. The van der Waals surface area contributed by atoms with Gasteiger partial charge in [-0.2, -0.15) is 0 Å². The van der Waals surface area contributed by atoms with Crippen LogP contribution in [0.15, 0.2) is 30.3 Å². The minimum Gasteiger partial charge on any atom is -0.339 e. The monoisotopic (exact) mass is 244 g/mol. The standard InChI is InChI=1S/C15H20N2O/c1-17-14(18)11-13(12-5-3-2-4-6-12)15(17)7-9-16-10-8-15/h2-6,13,16H,7-11H2,1H3/t13-/m0/s1. The van der Waals surface area contributed by atoms with Crippen LogP contribution in [-0.2, 0) is 4.79 Å². The Bertz CT molecular complexity index is 437. The van der Waals surface area contributed by atoms with E-state index in [1.54, 1.807) is 0 Å². The number of rotatable bonds is 1. The molecule has 1 spiro atoms. The summed E-state index contributed by atoms with van der Waals surface area (Å²) in [6, 6.07) is 10.5. The second-order valence-corrected chi connectivity index (χ2v) is 5.47. The molecule has 3 rings (SSSR count). The third kappa shape index (κ3) is 1.65. The van der Waals surface area contributed by atoms with Crippen LogP contribution in [0.4, 0.5) is 0 Å². The van der Waals surface area contributed by atoms with Gasteiger partial charge < -0.3 is 10.2 Å². The second-order valence-electron chi connectivity index (χ2n) is 5.47. The lowest BCUT2D eigenvalue weighted by Gasteiger charge is -2.44. The van der Waals surface area contributed by atoms with Crippen LogP contribution >= 0.6 is 0 Å². The molecule has 2 heterocycles. The van der Waals surface area contributed by atoms with Crippen LogP contribution in [0, 0.1) is 0 Å². The lowest BCUT2D eigenvalue weighted by Crippen LogP contribution is -2.53.